The van der Waals surface area contributed by atoms with Crippen molar-refractivity contribution < 1.29 is 13.2 Å². The predicted molar refractivity (Wildman–Crippen MR) is 206 cm³/mol. The van der Waals surface area contributed by atoms with Gasteiger partial charge in [-0.15, -0.1) is 0 Å². The molecule has 0 unspecified atom stereocenters. The molecule has 4 nitrogen and oxygen atoms in total. The van der Waals surface area contributed by atoms with Gasteiger partial charge in [-0.3, -0.25) is 0 Å². The zero-order valence-electron chi connectivity index (χ0n) is 28.2. The van der Waals surface area contributed by atoms with E-state index in [1.807, 2.05) is 109 Å². The highest BCUT2D eigenvalue weighted by atomic mass is 19.4. The van der Waals surface area contributed by atoms with Crippen molar-refractivity contribution in [1.82, 2.24) is 19.5 Å². The lowest BCUT2D eigenvalue weighted by atomic mass is 9.99. The first-order chi connectivity index (χ1) is 25.9. The molecule has 0 aliphatic carbocycles. The van der Waals surface area contributed by atoms with E-state index in [-0.39, 0.29) is 0 Å². The standard InChI is InChI=1S/C46H29F3N4/c47-46(48,49)36-24-20-31(21-25-36)37-26-23-35(45-51-43(32-14-6-2-7-15-32)50-44(52-45)33-16-8-3-9-17-33)29-41(37)53-40-19-11-10-18-38(40)39-27-22-34(28-42(39)53)30-12-4-1-5-13-30/h1-29H. The average Bonchev–Trinajstić information content (AvgIpc) is 3.55. The van der Waals surface area contributed by atoms with Gasteiger partial charge in [0.1, 0.15) is 0 Å². The number of halogens is 3. The van der Waals surface area contributed by atoms with Crippen molar-refractivity contribution in [2.45, 2.75) is 6.18 Å². The molecule has 2 heterocycles. The second kappa shape index (κ2) is 13.0. The van der Waals surface area contributed by atoms with Crippen LogP contribution in [0.4, 0.5) is 13.2 Å². The molecule has 0 fully saturated rings. The van der Waals surface area contributed by atoms with Gasteiger partial charge < -0.3 is 4.57 Å². The number of rotatable bonds is 6. The zero-order valence-corrected chi connectivity index (χ0v) is 28.2. The summed E-state index contributed by atoms with van der Waals surface area (Å²) in [5.41, 5.74) is 7.98. The van der Waals surface area contributed by atoms with E-state index in [4.69, 9.17) is 15.0 Å². The quantitative estimate of drug-likeness (QED) is 0.174. The second-order valence-electron chi connectivity index (χ2n) is 12.8. The lowest BCUT2D eigenvalue weighted by Crippen LogP contribution is -2.04. The maximum Gasteiger partial charge on any atom is 0.416 e. The molecule has 254 valence electrons. The Bertz CT molecular complexity index is 2680. The Morgan fingerprint density at radius 2 is 0.868 bits per heavy atom. The number of alkyl halides is 3. The molecule has 9 aromatic rings. The van der Waals surface area contributed by atoms with Gasteiger partial charge >= 0.3 is 6.18 Å². The summed E-state index contributed by atoms with van der Waals surface area (Å²) in [5, 5.41) is 2.12. The molecule has 2 aromatic heterocycles. The molecule has 0 atom stereocenters. The molecule has 7 aromatic carbocycles. The van der Waals surface area contributed by atoms with E-state index >= 15 is 0 Å². The summed E-state index contributed by atoms with van der Waals surface area (Å²) in [7, 11) is 0. The third kappa shape index (κ3) is 6.02. The predicted octanol–water partition coefficient (Wildman–Crippen LogP) is 12.3. The lowest BCUT2D eigenvalue weighted by Gasteiger charge is -2.17. The molecule has 0 radical (unpaired) electrons. The normalized spacial score (nSPS) is 11.7. The smallest absolute Gasteiger partial charge is 0.309 e. The topological polar surface area (TPSA) is 43.6 Å². The van der Waals surface area contributed by atoms with Crippen LogP contribution in [-0.4, -0.2) is 19.5 Å². The molecular weight excluding hydrogens is 666 g/mol. The van der Waals surface area contributed by atoms with E-state index in [0.717, 1.165) is 73.0 Å². The van der Waals surface area contributed by atoms with E-state index in [2.05, 4.69) is 47.0 Å². The molecule has 0 spiro atoms. The molecule has 0 aliphatic heterocycles. The molecule has 53 heavy (non-hydrogen) atoms. The molecular formula is C46H29F3N4. The SMILES string of the molecule is FC(F)(F)c1ccc(-c2ccc(-c3nc(-c4ccccc4)nc(-c4ccccc4)n3)cc2-n2c3ccccc3c3ccc(-c4ccccc4)cc32)cc1. The van der Waals surface area contributed by atoms with Crippen LogP contribution in [0.2, 0.25) is 0 Å². The van der Waals surface area contributed by atoms with Crippen LogP contribution in [0.3, 0.4) is 0 Å². The number of aromatic nitrogens is 4. The van der Waals surface area contributed by atoms with E-state index in [9.17, 15) is 13.2 Å². The minimum Gasteiger partial charge on any atom is -0.309 e. The van der Waals surface area contributed by atoms with Crippen LogP contribution in [0, 0.1) is 0 Å². The molecule has 0 aliphatic rings. The van der Waals surface area contributed by atoms with Crippen molar-refractivity contribution >= 4 is 21.8 Å². The van der Waals surface area contributed by atoms with E-state index in [1.54, 1.807) is 0 Å². The van der Waals surface area contributed by atoms with Gasteiger partial charge in [0.2, 0.25) is 0 Å². The third-order valence-electron chi connectivity index (χ3n) is 9.50. The maximum atomic E-state index is 13.7. The fraction of sp³-hybridized carbons (Fsp3) is 0.0217. The number of nitrogens with zero attached hydrogens (tertiary/aromatic N) is 4. The number of para-hydroxylation sites is 1. The van der Waals surface area contributed by atoms with Gasteiger partial charge in [-0.1, -0.05) is 146 Å². The van der Waals surface area contributed by atoms with Crippen LogP contribution in [0.15, 0.2) is 176 Å². The van der Waals surface area contributed by atoms with Crippen molar-refractivity contribution in [3.05, 3.63) is 181 Å². The van der Waals surface area contributed by atoms with Crippen LogP contribution < -0.4 is 0 Å². The maximum absolute atomic E-state index is 13.7. The van der Waals surface area contributed by atoms with E-state index in [0.29, 0.717) is 23.0 Å². The first-order valence-corrected chi connectivity index (χ1v) is 17.2. The summed E-state index contributed by atoms with van der Waals surface area (Å²) >= 11 is 0. The Morgan fingerprint density at radius 3 is 1.47 bits per heavy atom. The monoisotopic (exact) mass is 694 g/mol. The van der Waals surface area contributed by atoms with Crippen LogP contribution in [0.25, 0.3) is 83.9 Å². The van der Waals surface area contributed by atoms with E-state index < -0.39 is 11.7 Å². The van der Waals surface area contributed by atoms with Gasteiger partial charge in [-0.05, 0) is 47.0 Å². The minimum absolute atomic E-state index is 0.476. The Balaban J connectivity index is 1.32. The number of benzene rings is 7. The number of hydrogen-bond acceptors (Lipinski definition) is 3. The van der Waals surface area contributed by atoms with Crippen molar-refractivity contribution in [3.8, 4) is 62.1 Å². The number of fused-ring (bicyclic) bond motifs is 3. The summed E-state index contributed by atoms with van der Waals surface area (Å²) in [6.07, 6.45) is -4.45. The van der Waals surface area contributed by atoms with Crippen molar-refractivity contribution in [2.24, 2.45) is 0 Å². The van der Waals surface area contributed by atoms with Crippen molar-refractivity contribution in [1.29, 1.82) is 0 Å². The number of hydrogen-bond donors (Lipinski definition) is 0. The highest BCUT2D eigenvalue weighted by Crippen LogP contribution is 2.40. The van der Waals surface area contributed by atoms with Gasteiger partial charge in [0.15, 0.2) is 17.5 Å². The minimum atomic E-state index is -4.45. The lowest BCUT2D eigenvalue weighted by molar-refractivity contribution is -0.137. The van der Waals surface area contributed by atoms with Gasteiger partial charge in [0, 0.05) is 33.0 Å². The first-order valence-electron chi connectivity index (χ1n) is 17.2. The molecule has 0 N–H and O–H groups in total. The summed E-state index contributed by atoms with van der Waals surface area (Å²) in [4.78, 5) is 14.8. The Labute approximate surface area is 303 Å². The summed E-state index contributed by atoms with van der Waals surface area (Å²) in [6, 6.07) is 55.7. The fourth-order valence-corrected chi connectivity index (χ4v) is 6.92. The highest BCUT2D eigenvalue weighted by Gasteiger charge is 2.30. The fourth-order valence-electron chi connectivity index (χ4n) is 6.92. The third-order valence-corrected chi connectivity index (χ3v) is 9.50. The Hall–Kier alpha value is -6.86. The van der Waals surface area contributed by atoms with Crippen LogP contribution in [0.5, 0.6) is 0 Å². The molecule has 9 rings (SSSR count). The molecule has 0 saturated heterocycles. The van der Waals surface area contributed by atoms with Crippen LogP contribution in [-0.2, 0) is 6.18 Å². The highest BCUT2D eigenvalue weighted by molar-refractivity contribution is 6.10. The van der Waals surface area contributed by atoms with Crippen molar-refractivity contribution in [2.75, 3.05) is 0 Å². The second-order valence-corrected chi connectivity index (χ2v) is 12.8. The van der Waals surface area contributed by atoms with Gasteiger partial charge in [0.05, 0.1) is 22.3 Å². The average molecular weight is 695 g/mol. The van der Waals surface area contributed by atoms with Crippen LogP contribution >= 0.6 is 0 Å². The zero-order chi connectivity index (χ0) is 35.9. The van der Waals surface area contributed by atoms with E-state index in [1.165, 1.54) is 12.1 Å². The first kappa shape index (κ1) is 32.1. The Kier molecular flexibility index (Phi) is 7.89. The van der Waals surface area contributed by atoms with Crippen molar-refractivity contribution in [3.63, 3.8) is 0 Å². The molecule has 7 heteroatoms. The molecule has 0 bridgehead atoms. The van der Waals surface area contributed by atoms with Gasteiger partial charge in [-0.2, -0.15) is 13.2 Å². The molecule has 0 saturated carbocycles. The summed E-state index contributed by atoms with van der Waals surface area (Å²) < 4.78 is 43.2. The largest absolute Gasteiger partial charge is 0.416 e. The van der Waals surface area contributed by atoms with Gasteiger partial charge in [0.25, 0.3) is 0 Å². The Morgan fingerprint density at radius 1 is 0.377 bits per heavy atom. The summed E-state index contributed by atoms with van der Waals surface area (Å²) in [6.45, 7) is 0. The van der Waals surface area contributed by atoms with Gasteiger partial charge in [-0.25, -0.2) is 15.0 Å². The molecule has 0 amide bonds. The summed E-state index contributed by atoms with van der Waals surface area (Å²) in [5.74, 6) is 1.54. The van der Waals surface area contributed by atoms with Crippen LogP contribution in [0.1, 0.15) is 5.56 Å².